The van der Waals surface area contributed by atoms with E-state index in [1.807, 2.05) is 0 Å². The lowest BCUT2D eigenvalue weighted by Crippen LogP contribution is -2.37. The number of nitrogens with one attached hydrogen (secondary N) is 2. The molecule has 66 valence electrons. The van der Waals surface area contributed by atoms with Gasteiger partial charge in [0.25, 0.3) is 0 Å². The largest absolute Gasteiger partial charge is 0.314 e. The van der Waals surface area contributed by atoms with Crippen molar-refractivity contribution < 1.29 is 0 Å². The summed E-state index contributed by atoms with van der Waals surface area (Å²) in [5, 5.41) is 6.83. The zero-order valence-corrected chi connectivity index (χ0v) is 8.07. The fraction of sp³-hybridized carbons (Fsp3) is 1.00. The molecule has 1 aliphatic rings. The Balaban J connectivity index is 2.22. The monoisotopic (exact) mass is 156 g/mol. The van der Waals surface area contributed by atoms with Crippen molar-refractivity contribution in [3.63, 3.8) is 0 Å². The van der Waals surface area contributed by atoms with E-state index >= 15 is 0 Å². The number of hydrogen-bond acceptors (Lipinski definition) is 2. The molecule has 1 atom stereocenters. The summed E-state index contributed by atoms with van der Waals surface area (Å²) in [6.45, 7) is 11.3. The molecule has 0 radical (unpaired) electrons. The molecule has 0 spiro atoms. The van der Waals surface area contributed by atoms with Crippen molar-refractivity contribution in [2.75, 3.05) is 13.1 Å². The Morgan fingerprint density at radius 1 is 1.55 bits per heavy atom. The molecular weight excluding hydrogens is 136 g/mol. The van der Waals surface area contributed by atoms with E-state index in [0.29, 0.717) is 11.5 Å². The van der Waals surface area contributed by atoms with Crippen molar-refractivity contribution in [2.45, 2.75) is 39.8 Å². The highest BCUT2D eigenvalue weighted by molar-refractivity contribution is 4.97. The zero-order valence-electron chi connectivity index (χ0n) is 8.07. The molecule has 0 amide bonds. The van der Waals surface area contributed by atoms with Gasteiger partial charge in [0, 0.05) is 25.2 Å². The lowest BCUT2D eigenvalue weighted by atomic mass is 9.89. The highest BCUT2D eigenvalue weighted by Gasteiger charge is 2.36. The molecule has 0 bridgehead atoms. The molecule has 2 heteroatoms. The third-order valence-corrected chi connectivity index (χ3v) is 2.32. The molecule has 0 aromatic carbocycles. The maximum Gasteiger partial charge on any atom is 0.0256 e. The quantitative estimate of drug-likeness (QED) is 0.595. The van der Waals surface area contributed by atoms with Crippen molar-refractivity contribution in [3.05, 3.63) is 0 Å². The van der Waals surface area contributed by atoms with Crippen molar-refractivity contribution in [1.29, 1.82) is 0 Å². The van der Waals surface area contributed by atoms with Gasteiger partial charge in [0.05, 0.1) is 0 Å². The molecule has 2 nitrogen and oxygen atoms in total. The molecule has 1 rings (SSSR count). The van der Waals surface area contributed by atoms with Crippen LogP contribution in [-0.4, -0.2) is 25.2 Å². The summed E-state index contributed by atoms with van der Waals surface area (Å²) in [4.78, 5) is 0. The van der Waals surface area contributed by atoms with Crippen LogP contribution in [0.4, 0.5) is 0 Å². The number of rotatable bonds is 4. The SMILES string of the molecule is CC(C)NCC(C)(C)[C@H]1CN1. The molecule has 2 N–H and O–H groups in total. The van der Waals surface area contributed by atoms with Crippen LogP contribution in [0, 0.1) is 5.41 Å². The van der Waals surface area contributed by atoms with Crippen LogP contribution in [0.15, 0.2) is 0 Å². The van der Waals surface area contributed by atoms with Crippen molar-refractivity contribution in [1.82, 2.24) is 10.6 Å². The number of hydrogen-bond donors (Lipinski definition) is 2. The van der Waals surface area contributed by atoms with Crippen LogP contribution in [0.5, 0.6) is 0 Å². The van der Waals surface area contributed by atoms with Crippen LogP contribution in [-0.2, 0) is 0 Å². The first kappa shape index (κ1) is 9.01. The van der Waals surface area contributed by atoms with E-state index in [4.69, 9.17) is 0 Å². The maximum absolute atomic E-state index is 3.47. The predicted molar refractivity (Wildman–Crippen MR) is 48.7 cm³/mol. The molecule has 1 fully saturated rings. The van der Waals surface area contributed by atoms with Crippen LogP contribution in [0.2, 0.25) is 0 Å². The molecule has 0 saturated carbocycles. The van der Waals surface area contributed by atoms with Crippen LogP contribution < -0.4 is 10.6 Å². The van der Waals surface area contributed by atoms with Crippen LogP contribution in [0.25, 0.3) is 0 Å². The minimum Gasteiger partial charge on any atom is -0.314 e. The topological polar surface area (TPSA) is 34.0 Å². The molecule has 0 aromatic heterocycles. The Morgan fingerprint density at radius 3 is 2.45 bits per heavy atom. The summed E-state index contributed by atoms with van der Waals surface area (Å²) >= 11 is 0. The van der Waals surface area contributed by atoms with Crippen LogP contribution >= 0.6 is 0 Å². The van der Waals surface area contributed by atoms with Gasteiger partial charge in [-0.25, -0.2) is 0 Å². The first-order valence-electron chi connectivity index (χ1n) is 4.49. The second-order valence-electron chi connectivity index (χ2n) is 4.49. The summed E-state index contributed by atoms with van der Waals surface area (Å²) in [5.74, 6) is 0. The van der Waals surface area contributed by atoms with Crippen LogP contribution in [0.1, 0.15) is 27.7 Å². The molecule has 0 aromatic rings. The van der Waals surface area contributed by atoms with E-state index in [1.165, 1.54) is 6.54 Å². The van der Waals surface area contributed by atoms with Crippen molar-refractivity contribution in [2.24, 2.45) is 5.41 Å². The Morgan fingerprint density at radius 2 is 2.09 bits per heavy atom. The summed E-state index contributed by atoms with van der Waals surface area (Å²) in [6, 6.07) is 1.35. The fourth-order valence-electron chi connectivity index (χ4n) is 1.20. The average molecular weight is 156 g/mol. The van der Waals surface area contributed by atoms with E-state index < -0.39 is 0 Å². The first-order chi connectivity index (χ1) is 5.02. The van der Waals surface area contributed by atoms with E-state index in [9.17, 15) is 0 Å². The second kappa shape index (κ2) is 3.11. The van der Waals surface area contributed by atoms with Crippen molar-refractivity contribution in [3.8, 4) is 0 Å². The summed E-state index contributed by atoms with van der Waals surface area (Å²) < 4.78 is 0. The average Bonchev–Trinajstić information content (AvgIpc) is 2.64. The van der Waals surface area contributed by atoms with Gasteiger partial charge in [-0.05, 0) is 5.41 Å². The van der Waals surface area contributed by atoms with E-state index in [1.54, 1.807) is 0 Å². The Hall–Kier alpha value is -0.0800. The highest BCUT2D eigenvalue weighted by atomic mass is 15.1. The molecule has 0 aliphatic carbocycles. The van der Waals surface area contributed by atoms with Gasteiger partial charge in [-0.15, -0.1) is 0 Å². The van der Waals surface area contributed by atoms with Gasteiger partial charge in [0.15, 0.2) is 0 Å². The minimum atomic E-state index is 0.421. The van der Waals surface area contributed by atoms with Gasteiger partial charge in [0.1, 0.15) is 0 Å². The molecule has 11 heavy (non-hydrogen) atoms. The van der Waals surface area contributed by atoms with Crippen molar-refractivity contribution >= 4 is 0 Å². The highest BCUT2D eigenvalue weighted by Crippen LogP contribution is 2.25. The Kier molecular flexibility index (Phi) is 2.55. The molecular formula is C9H20N2. The van der Waals surface area contributed by atoms with Crippen LogP contribution in [0.3, 0.4) is 0 Å². The van der Waals surface area contributed by atoms with Gasteiger partial charge >= 0.3 is 0 Å². The van der Waals surface area contributed by atoms with Gasteiger partial charge < -0.3 is 10.6 Å². The Labute approximate surface area is 69.8 Å². The summed E-state index contributed by atoms with van der Waals surface area (Å²) in [6.07, 6.45) is 0. The minimum absolute atomic E-state index is 0.421. The molecule has 1 saturated heterocycles. The van der Waals surface area contributed by atoms with E-state index in [0.717, 1.165) is 12.6 Å². The lowest BCUT2D eigenvalue weighted by Gasteiger charge is -2.25. The third kappa shape index (κ3) is 2.80. The van der Waals surface area contributed by atoms with Gasteiger partial charge in [-0.1, -0.05) is 27.7 Å². The Bertz CT molecular complexity index is 126. The smallest absolute Gasteiger partial charge is 0.0256 e. The summed E-state index contributed by atoms with van der Waals surface area (Å²) in [7, 11) is 0. The van der Waals surface area contributed by atoms with E-state index in [-0.39, 0.29) is 0 Å². The molecule has 0 unspecified atom stereocenters. The molecule has 1 aliphatic heterocycles. The van der Waals surface area contributed by atoms with Gasteiger partial charge in [-0.3, -0.25) is 0 Å². The zero-order chi connectivity index (χ0) is 8.48. The third-order valence-electron chi connectivity index (χ3n) is 2.32. The standard InChI is InChI=1S/C9H20N2/c1-7(2)11-6-9(3,4)8-5-10-8/h7-8,10-11H,5-6H2,1-4H3/t8-/m1/s1. The van der Waals surface area contributed by atoms with Gasteiger partial charge in [-0.2, -0.15) is 0 Å². The fourth-order valence-corrected chi connectivity index (χ4v) is 1.20. The molecule has 1 heterocycles. The second-order valence-corrected chi connectivity index (χ2v) is 4.49. The first-order valence-corrected chi connectivity index (χ1v) is 4.49. The summed E-state index contributed by atoms with van der Waals surface area (Å²) in [5.41, 5.74) is 0.421. The maximum atomic E-state index is 3.47. The van der Waals surface area contributed by atoms with E-state index in [2.05, 4.69) is 38.3 Å². The van der Waals surface area contributed by atoms with Gasteiger partial charge in [0.2, 0.25) is 0 Å². The lowest BCUT2D eigenvalue weighted by molar-refractivity contribution is 0.321. The normalized spacial score (nSPS) is 24.3. The predicted octanol–water partition coefficient (Wildman–Crippen LogP) is 0.982.